The fourth-order valence-corrected chi connectivity index (χ4v) is 4.90. The maximum atomic E-state index is 13.8. The van der Waals surface area contributed by atoms with Crippen molar-refractivity contribution in [1.82, 2.24) is 9.88 Å². The van der Waals surface area contributed by atoms with Crippen molar-refractivity contribution < 1.29 is 14.3 Å². The first-order valence-electron chi connectivity index (χ1n) is 11.1. The Kier molecular flexibility index (Phi) is 6.06. The minimum absolute atomic E-state index is 0.0281. The molecule has 3 amide bonds. The van der Waals surface area contributed by atoms with Crippen LogP contribution in [0.15, 0.2) is 30.6 Å². The van der Waals surface area contributed by atoms with Crippen molar-refractivity contribution in [3.8, 4) is 5.75 Å². The van der Waals surface area contributed by atoms with E-state index in [1.165, 1.54) is 4.90 Å². The van der Waals surface area contributed by atoms with Crippen molar-refractivity contribution in [1.29, 1.82) is 0 Å². The molecule has 4 rings (SSSR count). The Labute approximate surface area is 188 Å². The molecule has 1 aromatic heterocycles. The van der Waals surface area contributed by atoms with Gasteiger partial charge in [-0.2, -0.15) is 0 Å². The summed E-state index contributed by atoms with van der Waals surface area (Å²) in [7, 11) is 1.61. The highest BCUT2D eigenvalue weighted by Crippen LogP contribution is 2.41. The third-order valence-electron chi connectivity index (χ3n) is 6.79. The summed E-state index contributed by atoms with van der Waals surface area (Å²) in [6.45, 7) is 4.32. The number of carbonyl (C=O) groups excluding carboxylic acids is 2. The van der Waals surface area contributed by atoms with Gasteiger partial charge in [0.25, 0.3) is 0 Å². The zero-order valence-corrected chi connectivity index (χ0v) is 19.0. The van der Waals surface area contributed by atoms with Crippen LogP contribution in [0.25, 0.3) is 0 Å². The van der Waals surface area contributed by atoms with E-state index in [-0.39, 0.29) is 18.6 Å². The maximum absolute atomic E-state index is 13.8. The van der Waals surface area contributed by atoms with Crippen LogP contribution in [0.1, 0.15) is 48.8 Å². The lowest BCUT2D eigenvalue weighted by Crippen LogP contribution is -2.64. The molecule has 1 saturated carbocycles. The molecule has 0 spiro atoms. The third kappa shape index (κ3) is 3.68. The topological polar surface area (TPSA) is 101 Å². The van der Waals surface area contributed by atoms with Gasteiger partial charge in [-0.05, 0) is 43.9 Å². The molecule has 32 heavy (non-hydrogen) atoms. The molecule has 1 aliphatic heterocycles. The van der Waals surface area contributed by atoms with E-state index in [0.717, 1.165) is 41.6 Å². The number of aryl methyl sites for hydroxylation is 2. The molecule has 0 saturated heterocycles. The number of ether oxygens (including phenoxy) is 1. The first-order chi connectivity index (χ1) is 15.4. The van der Waals surface area contributed by atoms with E-state index in [0.29, 0.717) is 30.8 Å². The van der Waals surface area contributed by atoms with Crippen molar-refractivity contribution in [2.24, 2.45) is 5.73 Å². The fourth-order valence-electron chi connectivity index (χ4n) is 4.90. The van der Waals surface area contributed by atoms with Crippen LogP contribution in [0.5, 0.6) is 5.75 Å². The first kappa shape index (κ1) is 22.1. The standard InChI is InChI=1S/C24H31N5O3/c1-16-7-8-18(11-21(16)32-3)27-22(30)24(9-5-4-6-10-24)29-14-19-17(2)12-26-13-20(19)28(15-25)23(29)31/h7-8,11-13H,4-6,9-10,14-15,25H2,1-3H3,(H,27,30). The predicted octanol–water partition coefficient (Wildman–Crippen LogP) is 3.71. The Bertz CT molecular complexity index is 1030. The molecule has 8 nitrogen and oxygen atoms in total. The number of methoxy groups -OCH3 is 1. The minimum atomic E-state index is -0.936. The van der Waals surface area contributed by atoms with E-state index >= 15 is 0 Å². The SMILES string of the molecule is COc1cc(NC(=O)C2(N3Cc4c(C)cncc4N(CN)C3=O)CCCCC2)ccc1C. The number of nitrogens with zero attached hydrogens (tertiary/aromatic N) is 3. The summed E-state index contributed by atoms with van der Waals surface area (Å²) >= 11 is 0. The van der Waals surface area contributed by atoms with E-state index in [2.05, 4.69) is 10.3 Å². The van der Waals surface area contributed by atoms with Crippen LogP contribution < -0.4 is 20.7 Å². The van der Waals surface area contributed by atoms with Crippen LogP contribution in [0.3, 0.4) is 0 Å². The largest absolute Gasteiger partial charge is 0.496 e. The van der Waals surface area contributed by atoms with Crippen molar-refractivity contribution in [3.05, 3.63) is 47.3 Å². The second-order valence-corrected chi connectivity index (χ2v) is 8.66. The maximum Gasteiger partial charge on any atom is 0.326 e. The van der Waals surface area contributed by atoms with Crippen molar-refractivity contribution in [3.63, 3.8) is 0 Å². The van der Waals surface area contributed by atoms with E-state index < -0.39 is 5.54 Å². The molecule has 1 aliphatic carbocycles. The molecule has 2 aromatic rings. The van der Waals surface area contributed by atoms with Gasteiger partial charge in [0.05, 0.1) is 32.2 Å². The molecular weight excluding hydrogens is 406 g/mol. The van der Waals surface area contributed by atoms with Crippen molar-refractivity contribution >= 4 is 23.3 Å². The van der Waals surface area contributed by atoms with Gasteiger partial charge >= 0.3 is 6.03 Å². The molecular formula is C24H31N5O3. The monoisotopic (exact) mass is 437 g/mol. The quantitative estimate of drug-likeness (QED) is 0.743. The number of anilines is 2. The van der Waals surface area contributed by atoms with E-state index in [1.54, 1.807) is 24.4 Å². The molecule has 2 aliphatic rings. The van der Waals surface area contributed by atoms with Crippen molar-refractivity contribution in [2.45, 2.75) is 58.0 Å². The lowest BCUT2D eigenvalue weighted by molar-refractivity contribution is -0.128. The number of pyridine rings is 1. The highest BCUT2D eigenvalue weighted by atomic mass is 16.5. The minimum Gasteiger partial charge on any atom is -0.496 e. The fraction of sp³-hybridized carbons (Fsp3) is 0.458. The summed E-state index contributed by atoms with van der Waals surface area (Å²) in [5, 5.41) is 3.07. The van der Waals surface area contributed by atoms with Crippen LogP contribution in [0.2, 0.25) is 0 Å². The third-order valence-corrected chi connectivity index (χ3v) is 6.79. The van der Waals surface area contributed by atoms with Crippen LogP contribution in [0.4, 0.5) is 16.2 Å². The summed E-state index contributed by atoms with van der Waals surface area (Å²) in [6, 6.07) is 5.35. The van der Waals surface area contributed by atoms with Crippen LogP contribution in [-0.2, 0) is 11.3 Å². The number of hydrogen-bond acceptors (Lipinski definition) is 5. The number of nitrogens with two attached hydrogens (primary N) is 1. The zero-order valence-electron chi connectivity index (χ0n) is 19.0. The van der Waals surface area contributed by atoms with Gasteiger partial charge in [0.1, 0.15) is 11.3 Å². The molecule has 0 radical (unpaired) electrons. The van der Waals surface area contributed by atoms with Gasteiger partial charge in [-0.3, -0.25) is 14.7 Å². The second kappa shape index (κ2) is 8.78. The highest BCUT2D eigenvalue weighted by molar-refractivity contribution is 6.04. The Morgan fingerprint density at radius 3 is 2.62 bits per heavy atom. The number of hydrogen-bond donors (Lipinski definition) is 2. The van der Waals surface area contributed by atoms with Gasteiger partial charge in [-0.15, -0.1) is 0 Å². The predicted molar refractivity (Wildman–Crippen MR) is 124 cm³/mol. The summed E-state index contributed by atoms with van der Waals surface area (Å²) in [6.07, 6.45) is 7.52. The smallest absolute Gasteiger partial charge is 0.326 e. The van der Waals surface area contributed by atoms with Gasteiger partial charge < -0.3 is 20.7 Å². The molecule has 1 aromatic carbocycles. The number of carbonyl (C=O) groups is 2. The number of aromatic nitrogens is 1. The normalized spacial score (nSPS) is 17.7. The summed E-state index contributed by atoms with van der Waals surface area (Å²) in [4.78, 5) is 34.9. The Hall–Kier alpha value is -3.13. The Morgan fingerprint density at radius 2 is 1.94 bits per heavy atom. The number of nitrogens with one attached hydrogen (secondary N) is 1. The molecule has 0 bridgehead atoms. The Balaban J connectivity index is 1.72. The average Bonchev–Trinajstić information content (AvgIpc) is 2.80. The molecule has 0 atom stereocenters. The van der Waals surface area contributed by atoms with E-state index in [1.807, 2.05) is 32.0 Å². The Morgan fingerprint density at radius 1 is 1.19 bits per heavy atom. The second-order valence-electron chi connectivity index (χ2n) is 8.66. The molecule has 8 heteroatoms. The average molecular weight is 438 g/mol. The lowest BCUT2D eigenvalue weighted by atomic mass is 9.78. The van der Waals surface area contributed by atoms with Gasteiger partial charge in [0.15, 0.2) is 0 Å². The van der Waals surface area contributed by atoms with E-state index in [9.17, 15) is 9.59 Å². The van der Waals surface area contributed by atoms with Crippen molar-refractivity contribution in [2.75, 3.05) is 24.0 Å². The van der Waals surface area contributed by atoms with Gasteiger partial charge in [-0.25, -0.2) is 4.79 Å². The van der Waals surface area contributed by atoms with Crippen LogP contribution >= 0.6 is 0 Å². The number of rotatable bonds is 5. The molecule has 1 fully saturated rings. The lowest BCUT2D eigenvalue weighted by Gasteiger charge is -2.49. The summed E-state index contributed by atoms with van der Waals surface area (Å²) in [5.41, 5.74) is 9.38. The van der Waals surface area contributed by atoms with E-state index in [4.69, 9.17) is 10.5 Å². The van der Waals surface area contributed by atoms with Gasteiger partial charge in [0.2, 0.25) is 5.91 Å². The number of urea groups is 1. The zero-order chi connectivity index (χ0) is 22.9. The number of benzene rings is 1. The number of amides is 3. The molecule has 2 heterocycles. The molecule has 3 N–H and O–H groups in total. The molecule has 170 valence electrons. The van der Waals surface area contributed by atoms with Crippen LogP contribution in [0, 0.1) is 13.8 Å². The first-order valence-corrected chi connectivity index (χ1v) is 11.1. The number of fused-ring (bicyclic) bond motifs is 1. The van der Waals surface area contributed by atoms with Crippen LogP contribution in [-0.4, -0.2) is 41.1 Å². The summed E-state index contributed by atoms with van der Waals surface area (Å²) in [5.74, 6) is 0.546. The molecule has 0 unspecified atom stereocenters. The van der Waals surface area contributed by atoms with Gasteiger partial charge in [0, 0.05) is 23.5 Å². The highest BCUT2D eigenvalue weighted by Gasteiger charge is 2.50. The summed E-state index contributed by atoms with van der Waals surface area (Å²) < 4.78 is 5.41. The van der Waals surface area contributed by atoms with Gasteiger partial charge in [-0.1, -0.05) is 25.3 Å².